The van der Waals surface area contributed by atoms with Crippen molar-refractivity contribution in [3.8, 4) is 28.7 Å². The number of nitrogens with zero attached hydrogens (tertiary/aromatic N) is 1. The number of fused-ring (bicyclic) bond motifs is 1. The van der Waals surface area contributed by atoms with Crippen LogP contribution in [-0.2, 0) is 0 Å². The molecule has 5 rings (SSSR count). The maximum Gasteiger partial charge on any atom is 0.335 e. The number of halogens is 2. The number of hydrogen-bond acceptors (Lipinski definition) is 8. The first-order valence-corrected chi connectivity index (χ1v) is 12.9. The maximum absolute atomic E-state index is 12.1. The number of ether oxygens (including phenoxy) is 2. The van der Waals surface area contributed by atoms with Crippen LogP contribution >= 0.6 is 23.2 Å². The Bertz CT molecular complexity index is 1850. The number of aromatic nitrogens is 1. The maximum atomic E-state index is 12.1. The van der Waals surface area contributed by atoms with Gasteiger partial charge >= 0.3 is 11.9 Å². The second-order valence-corrected chi connectivity index (χ2v) is 9.50. The van der Waals surface area contributed by atoms with E-state index in [1.54, 1.807) is 37.4 Å². The van der Waals surface area contributed by atoms with Gasteiger partial charge in [0.2, 0.25) is 5.89 Å². The van der Waals surface area contributed by atoms with E-state index in [1.807, 2.05) is 0 Å². The number of oxazole rings is 1. The number of carbonyl (C=O) groups excluding carboxylic acids is 1. The first kappa shape index (κ1) is 30.7. The van der Waals surface area contributed by atoms with Crippen LogP contribution in [0, 0.1) is 0 Å². The van der Waals surface area contributed by atoms with Gasteiger partial charge in [0, 0.05) is 0 Å². The number of hydrogen-bond donors (Lipinski definition) is 4. The minimum absolute atomic E-state index is 0.0851. The van der Waals surface area contributed by atoms with Crippen molar-refractivity contribution in [3.05, 3.63) is 99.5 Å². The molecule has 0 radical (unpaired) electrons. The molecule has 220 valence electrons. The predicted octanol–water partition coefficient (Wildman–Crippen LogP) is 6.86. The van der Waals surface area contributed by atoms with Crippen molar-refractivity contribution in [1.82, 2.24) is 4.98 Å². The molecule has 0 bridgehead atoms. The Balaban J connectivity index is 0.000000197. The Morgan fingerprint density at radius 1 is 0.791 bits per heavy atom. The molecule has 0 saturated carbocycles. The van der Waals surface area contributed by atoms with Crippen molar-refractivity contribution >= 4 is 57.8 Å². The summed E-state index contributed by atoms with van der Waals surface area (Å²) in [6.07, 6.45) is 0. The molecule has 11 nitrogen and oxygen atoms in total. The average Bonchev–Trinajstić information content (AvgIpc) is 3.41. The molecule has 0 aliphatic heterocycles. The second-order valence-electron chi connectivity index (χ2n) is 8.69. The molecule has 1 amide bonds. The summed E-state index contributed by atoms with van der Waals surface area (Å²) in [5.41, 5.74) is 1.93. The lowest BCUT2D eigenvalue weighted by Crippen LogP contribution is -2.13. The molecular formula is C30H22Cl2N2O9. The Hall–Kier alpha value is -5.26. The smallest absolute Gasteiger partial charge is 0.335 e. The van der Waals surface area contributed by atoms with Gasteiger partial charge in [0.05, 0.1) is 52.2 Å². The molecule has 43 heavy (non-hydrogen) atoms. The van der Waals surface area contributed by atoms with Gasteiger partial charge in [0.25, 0.3) is 5.91 Å². The molecule has 0 spiro atoms. The van der Waals surface area contributed by atoms with Crippen molar-refractivity contribution in [1.29, 1.82) is 0 Å². The monoisotopic (exact) mass is 624 g/mol. The lowest BCUT2D eigenvalue weighted by Gasteiger charge is -2.10. The summed E-state index contributed by atoms with van der Waals surface area (Å²) in [5.74, 6) is -1.60. The molecule has 13 heteroatoms. The summed E-state index contributed by atoms with van der Waals surface area (Å²) >= 11 is 12.2. The van der Waals surface area contributed by atoms with E-state index in [2.05, 4.69) is 10.3 Å². The van der Waals surface area contributed by atoms with Crippen LogP contribution in [-0.4, -0.2) is 52.4 Å². The van der Waals surface area contributed by atoms with Gasteiger partial charge in [0.1, 0.15) is 22.8 Å². The molecule has 5 aromatic rings. The summed E-state index contributed by atoms with van der Waals surface area (Å²) in [5, 5.41) is 30.6. The second kappa shape index (κ2) is 13.1. The van der Waals surface area contributed by atoms with Crippen LogP contribution in [0.2, 0.25) is 10.0 Å². The molecule has 0 aliphatic carbocycles. The number of amides is 1. The van der Waals surface area contributed by atoms with Gasteiger partial charge < -0.3 is 34.5 Å². The van der Waals surface area contributed by atoms with Gasteiger partial charge in [-0.15, -0.1) is 0 Å². The normalized spacial score (nSPS) is 10.4. The number of carboxylic acids is 2. The summed E-state index contributed by atoms with van der Waals surface area (Å²) in [6, 6.07) is 17.8. The molecule has 0 fully saturated rings. The lowest BCUT2D eigenvalue weighted by molar-refractivity contribution is 0.0686. The third-order valence-electron chi connectivity index (χ3n) is 5.96. The van der Waals surface area contributed by atoms with E-state index in [9.17, 15) is 19.5 Å². The Morgan fingerprint density at radius 3 is 1.98 bits per heavy atom. The van der Waals surface area contributed by atoms with E-state index in [1.165, 1.54) is 43.5 Å². The first-order chi connectivity index (χ1) is 20.5. The molecule has 1 heterocycles. The quantitative estimate of drug-likeness (QED) is 0.140. The highest BCUT2D eigenvalue weighted by Gasteiger charge is 2.16. The molecule has 1 aromatic heterocycles. The van der Waals surface area contributed by atoms with Crippen LogP contribution in [0.15, 0.2) is 77.2 Å². The number of methoxy groups -OCH3 is 2. The third-order valence-corrected chi connectivity index (χ3v) is 6.58. The number of rotatable bonds is 7. The zero-order valence-electron chi connectivity index (χ0n) is 22.4. The number of anilines is 1. The number of carbonyl (C=O) groups is 3. The van der Waals surface area contributed by atoms with Crippen molar-refractivity contribution in [2.24, 2.45) is 0 Å². The highest BCUT2D eigenvalue weighted by atomic mass is 35.5. The number of nitrogens with one attached hydrogen (secondary N) is 1. The molecule has 0 unspecified atom stereocenters. The van der Waals surface area contributed by atoms with Gasteiger partial charge in [-0.05, 0) is 72.8 Å². The minimum atomic E-state index is -1.17. The number of aromatic hydroxyl groups is 1. The topological polar surface area (TPSA) is 168 Å². The average molecular weight is 625 g/mol. The summed E-state index contributed by atoms with van der Waals surface area (Å²) < 4.78 is 15.7. The Morgan fingerprint density at radius 2 is 1.40 bits per heavy atom. The summed E-state index contributed by atoms with van der Waals surface area (Å²) in [6.45, 7) is 0. The fraction of sp³-hybridized carbons (Fsp3) is 0.0667. The molecule has 4 N–H and O–H groups in total. The van der Waals surface area contributed by atoms with Crippen molar-refractivity contribution in [2.45, 2.75) is 0 Å². The minimum Gasteiger partial charge on any atom is -0.506 e. The number of aromatic carboxylic acids is 2. The Labute approximate surface area is 253 Å². The highest BCUT2D eigenvalue weighted by molar-refractivity contribution is 6.34. The van der Waals surface area contributed by atoms with Crippen LogP contribution in [0.4, 0.5) is 5.69 Å². The predicted molar refractivity (Wildman–Crippen MR) is 159 cm³/mol. The van der Waals surface area contributed by atoms with E-state index in [0.29, 0.717) is 39.1 Å². The first-order valence-electron chi connectivity index (χ1n) is 12.2. The lowest BCUT2D eigenvalue weighted by atomic mass is 10.1. The highest BCUT2D eigenvalue weighted by Crippen LogP contribution is 2.33. The molecular weight excluding hydrogens is 603 g/mol. The molecule has 0 atom stereocenters. The zero-order valence-corrected chi connectivity index (χ0v) is 23.9. The largest absolute Gasteiger partial charge is 0.506 e. The van der Waals surface area contributed by atoms with Gasteiger partial charge in [-0.1, -0.05) is 23.2 Å². The van der Waals surface area contributed by atoms with Crippen LogP contribution in [0.25, 0.3) is 22.6 Å². The molecule has 0 saturated heterocycles. The van der Waals surface area contributed by atoms with Crippen molar-refractivity contribution in [3.63, 3.8) is 0 Å². The molecule has 4 aromatic carbocycles. The summed E-state index contributed by atoms with van der Waals surface area (Å²) in [7, 11) is 3.03. The van der Waals surface area contributed by atoms with Gasteiger partial charge in [0.15, 0.2) is 5.58 Å². The van der Waals surface area contributed by atoms with Gasteiger partial charge in [-0.2, -0.15) is 0 Å². The van der Waals surface area contributed by atoms with Gasteiger partial charge in [-0.25, -0.2) is 14.6 Å². The van der Waals surface area contributed by atoms with Crippen LogP contribution < -0.4 is 14.8 Å². The van der Waals surface area contributed by atoms with Crippen LogP contribution in [0.5, 0.6) is 17.2 Å². The number of phenols is 1. The van der Waals surface area contributed by atoms with E-state index < -0.39 is 17.8 Å². The third kappa shape index (κ3) is 7.15. The van der Waals surface area contributed by atoms with Crippen LogP contribution in [0.3, 0.4) is 0 Å². The SMILES string of the molecule is COc1ccc(-c2nc3ccc(C(=O)O)cc3o2)c(Cl)c1.COc1ccc(C(=O)Nc2ccc(C(=O)O)cc2O)c(Cl)c1. The van der Waals surface area contributed by atoms with E-state index in [0.717, 1.165) is 6.07 Å². The zero-order chi connectivity index (χ0) is 31.3. The van der Waals surface area contributed by atoms with E-state index in [-0.39, 0.29) is 33.1 Å². The molecule has 0 aliphatic rings. The Kier molecular flexibility index (Phi) is 9.39. The number of carboxylic acid groups (broad SMARTS) is 2. The van der Waals surface area contributed by atoms with Crippen molar-refractivity contribution < 1.29 is 43.6 Å². The van der Waals surface area contributed by atoms with E-state index in [4.69, 9.17) is 47.3 Å². The summed E-state index contributed by atoms with van der Waals surface area (Å²) in [4.78, 5) is 38.2. The van der Waals surface area contributed by atoms with Crippen molar-refractivity contribution in [2.75, 3.05) is 19.5 Å². The number of phenolic OH excluding ortho intramolecular Hbond substituents is 1. The van der Waals surface area contributed by atoms with E-state index >= 15 is 0 Å². The fourth-order valence-electron chi connectivity index (χ4n) is 3.74. The van der Waals surface area contributed by atoms with Crippen LogP contribution in [0.1, 0.15) is 31.1 Å². The fourth-order valence-corrected chi connectivity index (χ4v) is 4.24. The van der Waals surface area contributed by atoms with Gasteiger partial charge in [-0.3, -0.25) is 4.79 Å². The number of benzene rings is 4. The standard InChI is InChI=1S/C15H12ClNO5.C15H10ClNO4/c1-22-9-3-4-10(11(16)7-9)14(19)17-12-5-2-8(15(20)21)6-13(12)18;1-20-9-3-4-10(11(16)7-9)14-17-12-5-2-8(15(18)19)6-13(12)21-14/h2-7,18H,1H3,(H,17,19)(H,20,21);2-7H,1H3,(H,18,19).